The Hall–Kier alpha value is -2.58. The van der Waals surface area contributed by atoms with Gasteiger partial charge in [0.2, 0.25) is 15.9 Å². The van der Waals surface area contributed by atoms with Crippen molar-refractivity contribution in [1.82, 2.24) is 4.31 Å². The van der Waals surface area contributed by atoms with E-state index in [2.05, 4.69) is 0 Å². The van der Waals surface area contributed by atoms with Gasteiger partial charge in [0.15, 0.2) is 5.78 Å². The predicted molar refractivity (Wildman–Crippen MR) is 103 cm³/mol. The number of halogens is 1. The van der Waals surface area contributed by atoms with Crippen LogP contribution >= 0.6 is 0 Å². The number of aryl methyl sites for hydroxylation is 1. The molecule has 0 saturated heterocycles. The van der Waals surface area contributed by atoms with E-state index in [1.165, 1.54) is 55.3 Å². The Bertz CT molecular complexity index is 1020. The summed E-state index contributed by atoms with van der Waals surface area (Å²) < 4.78 is 40.1. The van der Waals surface area contributed by atoms with Gasteiger partial charge in [0.25, 0.3) is 0 Å². The lowest BCUT2D eigenvalue weighted by Gasteiger charge is -2.30. The average Bonchev–Trinajstić information content (AvgIpc) is 2.67. The molecule has 6 nitrogen and oxygen atoms in total. The Labute approximate surface area is 163 Å². The zero-order chi connectivity index (χ0) is 20.5. The lowest BCUT2D eigenvalue weighted by molar-refractivity contribution is -0.118. The highest BCUT2D eigenvalue weighted by molar-refractivity contribution is 7.89. The first-order valence-corrected chi connectivity index (χ1v) is 10.3. The molecule has 0 aromatic heterocycles. The monoisotopic (exact) mass is 404 g/mol. The van der Waals surface area contributed by atoms with Crippen LogP contribution in [0.4, 0.5) is 10.1 Å². The summed E-state index contributed by atoms with van der Waals surface area (Å²) in [4.78, 5) is 25.5. The van der Waals surface area contributed by atoms with Crippen molar-refractivity contribution in [3.05, 3.63) is 59.4 Å². The number of hydrogen-bond donors (Lipinski definition) is 0. The van der Waals surface area contributed by atoms with Crippen molar-refractivity contribution in [3.63, 3.8) is 0 Å². The molecule has 2 aromatic carbocycles. The van der Waals surface area contributed by atoms with Crippen LogP contribution in [-0.2, 0) is 21.2 Å². The normalized spacial score (nSPS) is 14.1. The van der Waals surface area contributed by atoms with Crippen LogP contribution < -0.4 is 4.90 Å². The van der Waals surface area contributed by atoms with Gasteiger partial charge >= 0.3 is 0 Å². The third-order valence-electron chi connectivity index (χ3n) is 4.79. The van der Waals surface area contributed by atoms with E-state index in [1.807, 2.05) is 0 Å². The Kier molecular flexibility index (Phi) is 5.62. The molecule has 0 atom stereocenters. The maximum atomic E-state index is 13.6. The average molecular weight is 404 g/mol. The zero-order valence-corrected chi connectivity index (χ0v) is 16.5. The number of fused-ring (bicyclic) bond motifs is 1. The molecule has 0 N–H and O–H groups in total. The molecule has 8 heteroatoms. The molecule has 0 radical (unpaired) electrons. The van der Waals surface area contributed by atoms with Crippen LogP contribution in [0.5, 0.6) is 0 Å². The number of ketones is 1. The van der Waals surface area contributed by atoms with Crippen molar-refractivity contribution in [2.24, 2.45) is 0 Å². The molecule has 1 aliphatic heterocycles. The topological polar surface area (TPSA) is 74.8 Å². The minimum absolute atomic E-state index is 0.00195. The lowest BCUT2D eigenvalue weighted by atomic mass is 10.0. The summed E-state index contributed by atoms with van der Waals surface area (Å²) in [6.07, 6.45) is 1.48. The molecule has 1 heterocycles. The summed E-state index contributed by atoms with van der Waals surface area (Å²) >= 11 is 0. The number of nitrogens with zero attached hydrogens (tertiary/aromatic N) is 2. The summed E-state index contributed by atoms with van der Waals surface area (Å²) in [7, 11) is -2.58. The van der Waals surface area contributed by atoms with E-state index in [0.717, 1.165) is 22.7 Å². The summed E-state index contributed by atoms with van der Waals surface area (Å²) in [5.74, 6) is -1.02. The number of Topliss-reactive ketones (excluding diaryl/α,β-unsaturated/α-hetero) is 1. The second kappa shape index (κ2) is 7.81. The van der Waals surface area contributed by atoms with Gasteiger partial charge in [-0.2, -0.15) is 4.31 Å². The standard InChI is InChI=1S/C20H21FN2O4S/c1-14(24)15-6-9-18(10-7-15)28(26,27)22(2)13-20(25)23-11-3-4-16-5-8-17(21)12-19(16)23/h5-10,12H,3-4,11,13H2,1-2H3. The van der Waals surface area contributed by atoms with Crippen molar-refractivity contribution >= 4 is 27.4 Å². The van der Waals surface area contributed by atoms with Crippen molar-refractivity contribution in [3.8, 4) is 0 Å². The molecule has 0 aliphatic carbocycles. The molecule has 148 valence electrons. The molecule has 0 spiro atoms. The minimum Gasteiger partial charge on any atom is -0.311 e. The van der Waals surface area contributed by atoms with Crippen LogP contribution in [0.25, 0.3) is 0 Å². The molecule has 28 heavy (non-hydrogen) atoms. The van der Waals surface area contributed by atoms with Crippen LogP contribution in [0.1, 0.15) is 29.3 Å². The number of benzene rings is 2. The third-order valence-corrected chi connectivity index (χ3v) is 6.61. The molecule has 3 rings (SSSR count). The largest absolute Gasteiger partial charge is 0.311 e. The molecule has 0 fully saturated rings. The first kappa shape index (κ1) is 20.2. The van der Waals surface area contributed by atoms with Crippen LogP contribution in [-0.4, -0.2) is 44.6 Å². The molecule has 0 unspecified atom stereocenters. The van der Waals surface area contributed by atoms with Gasteiger partial charge < -0.3 is 4.90 Å². The van der Waals surface area contributed by atoms with Crippen molar-refractivity contribution < 1.29 is 22.4 Å². The number of sulfonamides is 1. The van der Waals surface area contributed by atoms with Gasteiger partial charge in [-0.3, -0.25) is 9.59 Å². The first-order valence-electron chi connectivity index (χ1n) is 8.86. The Morgan fingerprint density at radius 3 is 2.46 bits per heavy atom. The Morgan fingerprint density at radius 1 is 1.14 bits per heavy atom. The van der Waals surface area contributed by atoms with Crippen molar-refractivity contribution in [2.45, 2.75) is 24.7 Å². The van der Waals surface area contributed by atoms with Gasteiger partial charge in [0.05, 0.1) is 11.4 Å². The number of rotatable bonds is 5. The van der Waals surface area contributed by atoms with E-state index in [9.17, 15) is 22.4 Å². The number of likely N-dealkylation sites (N-methyl/N-ethyl adjacent to an activating group) is 1. The number of anilines is 1. The fourth-order valence-corrected chi connectivity index (χ4v) is 4.33. The van der Waals surface area contributed by atoms with Crippen LogP contribution in [0.15, 0.2) is 47.4 Å². The van der Waals surface area contributed by atoms with E-state index in [-0.39, 0.29) is 17.2 Å². The van der Waals surface area contributed by atoms with Crippen molar-refractivity contribution in [1.29, 1.82) is 0 Å². The number of carbonyl (C=O) groups excluding carboxylic acids is 2. The highest BCUT2D eigenvalue weighted by Crippen LogP contribution is 2.28. The SMILES string of the molecule is CC(=O)c1ccc(S(=O)(=O)N(C)CC(=O)N2CCCc3ccc(F)cc32)cc1. The zero-order valence-electron chi connectivity index (χ0n) is 15.7. The summed E-state index contributed by atoms with van der Waals surface area (Å²) in [6, 6.07) is 9.89. The molecule has 0 saturated carbocycles. The number of hydrogen-bond acceptors (Lipinski definition) is 4. The van der Waals surface area contributed by atoms with Gasteiger partial charge in [-0.1, -0.05) is 18.2 Å². The van der Waals surface area contributed by atoms with Gasteiger partial charge in [-0.15, -0.1) is 0 Å². The smallest absolute Gasteiger partial charge is 0.243 e. The Morgan fingerprint density at radius 2 is 1.82 bits per heavy atom. The third kappa shape index (κ3) is 3.98. The number of carbonyl (C=O) groups is 2. The van der Waals surface area contributed by atoms with Crippen LogP contribution in [0.3, 0.4) is 0 Å². The molecular formula is C20H21FN2O4S. The second-order valence-electron chi connectivity index (χ2n) is 6.76. The minimum atomic E-state index is -3.90. The molecule has 1 amide bonds. The lowest BCUT2D eigenvalue weighted by Crippen LogP contribution is -2.43. The summed E-state index contributed by atoms with van der Waals surface area (Å²) in [5.41, 5.74) is 1.77. The predicted octanol–water partition coefficient (Wildman–Crippen LogP) is 2.63. The highest BCUT2D eigenvalue weighted by Gasteiger charge is 2.28. The quantitative estimate of drug-likeness (QED) is 0.718. The van der Waals surface area contributed by atoms with E-state index in [1.54, 1.807) is 6.07 Å². The summed E-state index contributed by atoms with van der Waals surface area (Å²) in [5, 5.41) is 0. The molecule has 1 aliphatic rings. The van der Waals surface area contributed by atoms with E-state index < -0.39 is 21.7 Å². The fourth-order valence-electron chi connectivity index (χ4n) is 3.21. The van der Waals surface area contributed by atoms with Gasteiger partial charge in [-0.05, 0) is 49.6 Å². The molecule has 2 aromatic rings. The second-order valence-corrected chi connectivity index (χ2v) is 8.81. The first-order chi connectivity index (χ1) is 13.2. The van der Waals surface area contributed by atoms with E-state index in [4.69, 9.17) is 0 Å². The summed E-state index contributed by atoms with van der Waals surface area (Å²) in [6.45, 7) is 1.44. The maximum absolute atomic E-state index is 13.6. The number of amides is 1. The van der Waals surface area contributed by atoms with Crippen molar-refractivity contribution in [2.75, 3.05) is 25.0 Å². The van der Waals surface area contributed by atoms with E-state index in [0.29, 0.717) is 17.8 Å². The van der Waals surface area contributed by atoms with Crippen LogP contribution in [0, 0.1) is 5.82 Å². The van der Waals surface area contributed by atoms with E-state index >= 15 is 0 Å². The molecule has 0 bridgehead atoms. The van der Waals surface area contributed by atoms with Gasteiger partial charge in [0.1, 0.15) is 5.82 Å². The Balaban J connectivity index is 1.79. The van der Waals surface area contributed by atoms with Crippen LogP contribution in [0.2, 0.25) is 0 Å². The molecular weight excluding hydrogens is 383 g/mol. The fraction of sp³-hybridized carbons (Fsp3) is 0.300. The highest BCUT2D eigenvalue weighted by atomic mass is 32.2. The van der Waals surface area contributed by atoms with Gasteiger partial charge in [-0.25, -0.2) is 12.8 Å². The maximum Gasteiger partial charge on any atom is 0.243 e. The van der Waals surface area contributed by atoms with Gasteiger partial charge in [0, 0.05) is 24.8 Å².